The summed E-state index contributed by atoms with van der Waals surface area (Å²) in [6.07, 6.45) is 7.09. The number of ketones is 1. The summed E-state index contributed by atoms with van der Waals surface area (Å²) in [6.45, 7) is 10.4. The van der Waals surface area contributed by atoms with Crippen LogP contribution in [0.1, 0.15) is 63.5 Å². The molecule has 1 aromatic rings. The fourth-order valence-electron chi connectivity index (χ4n) is 3.96. The molecule has 0 N–H and O–H groups in total. The monoisotopic (exact) mass is 416 g/mol. The Kier molecular flexibility index (Phi) is 9.60. The summed E-state index contributed by atoms with van der Waals surface area (Å²) >= 11 is 0. The summed E-state index contributed by atoms with van der Waals surface area (Å²) in [6, 6.07) is 4.06. The molecular formula is C25H36O5. The van der Waals surface area contributed by atoms with Crippen LogP contribution in [0, 0.1) is 5.92 Å². The first-order valence-corrected chi connectivity index (χ1v) is 10.7. The number of carbonyl (C=O) groups excluding carboxylic acids is 1. The molecule has 0 spiro atoms. The van der Waals surface area contributed by atoms with Crippen molar-refractivity contribution in [3.8, 4) is 11.5 Å². The first-order chi connectivity index (χ1) is 14.4. The zero-order valence-electron chi connectivity index (χ0n) is 19.1. The average molecular weight is 417 g/mol. The number of hydrogen-bond donors (Lipinski definition) is 0. The summed E-state index contributed by atoms with van der Waals surface area (Å²) in [5.41, 5.74) is 3.61. The molecule has 0 radical (unpaired) electrons. The number of carbonyl (C=O) groups is 1. The zero-order chi connectivity index (χ0) is 22.1. The highest BCUT2D eigenvalue weighted by Gasteiger charge is 2.38. The van der Waals surface area contributed by atoms with Crippen LogP contribution in [0.4, 0.5) is 0 Å². The van der Waals surface area contributed by atoms with Gasteiger partial charge in [-0.15, -0.1) is 0 Å². The van der Waals surface area contributed by atoms with Gasteiger partial charge in [-0.3, -0.25) is 4.79 Å². The van der Waals surface area contributed by atoms with E-state index in [1.807, 2.05) is 32.1 Å². The normalized spacial score (nSPS) is 18.8. The van der Waals surface area contributed by atoms with Gasteiger partial charge in [0.05, 0.1) is 5.92 Å². The minimum atomic E-state index is -0.407. The minimum absolute atomic E-state index is 0.0121. The number of benzene rings is 1. The number of unbranched alkanes of at least 4 members (excludes halogenated alkanes) is 2. The molecule has 0 saturated heterocycles. The zero-order valence-corrected chi connectivity index (χ0v) is 19.1. The average Bonchev–Trinajstić information content (AvgIpc) is 2.72. The van der Waals surface area contributed by atoms with Crippen molar-refractivity contribution in [3.05, 3.63) is 47.1 Å². The summed E-state index contributed by atoms with van der Waals surface area (Å²) in [5.74, 6) is 0.933. The van der Waals surface area contributed by atoms with Gasteiger partial charge in [-0.1, -0.05) is 38.0 Å². The third-order valence-corrected chi connectivity index (χ3v) is 5.59. The number of rotatable bonds is 12. The summed E-state index contributed by atoms with van der Waals surface area (Å²) in [5, 5.41) is 0. The minimum Gasteiger partial charge on any atom is -0.467 e. The second-order valence-electron chi connectivity index (χ2n) is 7.98. The Morgan fingerprint density at radius 3 is 2.20 bits per heavy atom. The van der Waals surface area contributed by atoms with Gasteiger partial charge in [-0.2, -0.15) is 0 Å². The number of ether oxygens (including phenoxy) is 4. The molecule has 0 aromatic heterocycles. The maximum atomic E-state index is 13.3. The van der Waals surface area contributed by atoms with Gasteiger partial charge in [-0.05, 0) is 62.3 Å². The summed E-state index contributed by atoms with van der Waals surface area (Å²) < 4.78 is 22.3. The Morgan fingerprint density at radius 2 is 1.70 bits per heavy atom. The van der Waals surface area contributed by atoms with Crippen molar-refractivity contribution in [2.75, 3.05) is 27.8 Å². The molecule has 1 aromatic carbocycles. The standard InChI is InChI=1S/C25H36O5/c1-7-8-9-10-19-13-21(29-15-27-5)24(22(14-19)30-16-28-6)23-20(17(2)3)12-11-18(4)25(23)26/h11,13-14,20,23H,2,7-10,12,15-16H2,1,3-6H3/t20-,23+/m0/s1. The highest BCUT2D eigenvalue weighted by Crippen LogP contribution is 2.46. The molecule has 0 saturated carbocycles. The van der Waals surface area contributed by atoms with Crippen LogP contribution in [0.25, 0.3) is 0 Å². The summed E-state index contributed by atoms with van der Waals surface area (Å²) in [7, 11) is 3.17. The molecule has 1 aliphatic carbocycles. The van der Waals surface area contributed by atoms with Crippen LogP contribution in [0.15, 0.2) is 35.9 Å². The number of allylic oxidation sites excluding steroid dienone is 3. The molecule has 2 rings (SSSR count). The van der Waals surface area contributed by atoms with E-state index in [9.17, 15) is 4.79 Å². The fourth-order valence-corrected chi connectivity index (χ4v) is 3.96. The van der Waals surface area contributed by atoms with Crippen LogP contribution < -0.4 is 9.47 Å². The van der Waals surface area contributed by atoms with Crippen molar-refractivity contribution >= 4 is 5.78 Å². The number of Topliss-reactive ketones (excluding diaryl/α,β-unsaturated/α-hetero) is 1. The number of aryl methyl sites for hydroxylation is 1. The van der Waals surface area contributed by atoms with Crippen molar-refractivity contribution in [2.24, 2.45) is 5.92 Å². The first-order valence-electron chi connectivity index (χ1n) is 10.7. The van der Waals surface area contributed by atoms with Crippen molar-refractivity contribution < 1.29 is 23.7 Å². The molecule has 30 heavy (non-hydrogen) atoms. The third kappa shape index (κ3) is 5.96. The Hall–Kier alpha value is -2.11. The predicted octanol–water partition coefficient (Wildman–Crippen LogP) is 5.58. The highest BCUT2D eigenvalue weighted by molar-refractivity contribution is 6.02. The first kappa shape index (κ1) is 24.2. The Morgan fingerprint density at radius 1 is 1.10 bits per heavy atom. The van der Waals surface area contributed by atoms with E-state index in [1.54, 1.807) is 14.2 Å². The van der Waals surface area contributed by atoms with Gasteiger partial charge in [0.25, 0.3) is 0 Å². The lowest BCUT2D eigenvalue weighted by atomic mass is 9.71. The summed E-state index contributed by atoms with van der Waals surface area (Å²) in [4.78, 5) is 13.3. The van der Waals surface area contributed by atoms with Gasteiger partial charge >= 0.3 is 0 Å². The van der Waals surface area contributed by atoms with Gasteiger partial charge < -0.3 is 18.9 Å². The van der Waals surface area contributed by atoms with E-state index in [0.717, 1.165) is 54.4 Å². The molecule has 0 fully saturated rings. The van der Waals surface area contributed by atoms with Crippen LogP contribution in [-0.2, 0) is 20.7 Å². The van der Waals surface area contributed by atoms with Crippen LogP contribution in [0.2, 0.25) is 0 Å². The SMILES string of the molecule is C=C(C)[C@@H]1CC=C(C)C(=O)[C@H]1c1c(OCOC)cc(CCCCC)cc1OCOC. The Labute approximate surface area is 181 Å². The van der Waals surface area contributed by atoms with E-state index in [1.165, 1.54) is 0 Å². The molecule has 2 atom stereocenters. The van der Waals surface area contributed by atoms with Crippen molar-refractivity contribution in [3.63, 3.8) is 0 Å². The number of hydrogen-bond acceptors (Lipinski definition) is 5. The molecule has 166 valence electrons. The van der Waals surface area contributed by atoms with E-state index in [-0.39, 0.29) is 25.3 Å². The molecule has 5 heteroatoms. The van der Waals surface area contributed by atoms with E-state index in [0.29, 0.717) is 11.5 Å². The third-order valence-electron chi connectivity index (χ3n) is 5.59. The molecular weight excluding hydrogens is 380 g/mol. The van der Waals surface area contributed by atoms with Crippen LogP contribution in [-0.4, -0.2) is 33.6 Å². The maximum Gasteiger partial charge on any atom is 0.188 e. The van der Waals surface area contributed by atoms with Gasteiger partial charge in [0.1, 0.15) is 11.5 Å². The van der Waals surface area contributed by atoms with E-state index < -0.39 is 5.92 Å². The molecule has 0 aliphatic heterocycles. The van der Waals surface area contributed by atoms with Gasteiger partial charge in [0.2, 0.25) is 0 Å². The van der Waals surface area contributed by atoms with Gasteiger partial charge in [-0.25, -0.2) is 0 Å². The van der Waals surface area contributed by atoms with Crippen molar-refractivity contribution in [1.29, 1.82) is 0 Å². The highest BCUT2D eigenvalue weighted by atomic mass is 16.7. The van der Waals surface area contributed by atoms with Crippen molar-refractivity contribution in [2.45, 2.75) is 58.8 Å². The topological polar surface area (TPSA) is 54.0 Å². The Bertz CT molecular complexity index is 736. The number of methoxy groups -OCH3 is 2. The lowest BCUT2D eigenvalue weighted by molar-refractivity contribution is -0.118. The van der Waals surface area contributed by atoms with Gasteiger partial charge in [0, 0.05) is 19.8 Å². The van der Waals surface area contributed by atoms with Crippen molar-refractivity contribution in [1.82, 2.24) is 0 Å². The molecule has 0 unspecified atom stereocenters. The molecule has 0 amide bonds. The molecule has 0 heterocycles. The Balaban J connectivity index is 2.60. The van der Waals surface area contributed by atoms with Gasteiger partial charge in [0.15, 0.2) is 19.4 Å². The van der Waals surface area contributed by atoms with Crippen LogP contribution in [0.5, 0.6) is 11.5 Å². The smallest absolute Gasteiger partial charge is 0.188 e. The molecule has 1 aliphatic rings. The predicted molar refractivity (Wildman–Crippen MR) is 119 cm³/mol. The van der Waals surface area contributed by atoms with Crippen LogP contribution in [0.3, 0.4) is 0 Å². The molecule has 5 nitrogen and oxygen atoms in total. The van der Waals surface area contributed by atoms with Crippen LogP contribution >= 0.6 is 0 Å². The van der Waals surface area contributed by atoms with E-state index in [4.69, 9.17) is 18.9 Å². The lowest BCUT2D eigenvalue weighted by Crippen LogP contribution is -2.28. The molecule has 0 bridgehead atoms. The van der Waals surface area contributed by atoms with E-state index in [2.05, 4.69) is 13.5 Å². The maximum absolute atomic E-state index is 13.3. The lowest BCUT2D eigenvalue weighted by Gasteiger charge is -2.32. The second-order valence-corrected chi connectivity index (χ2v) is 7.98. The fraction of sp³-hybridized carbons (Fsp3) is 0.560. The van der Waals surface area contributed by atoms with E-state index >= 15 is 0 Å². The second kappa shape index (κ2) is 11.9. The largest absolute Gasteiger partial charge is 0.467 e. The quantitative estimate of drug-likeness (QED) is 0.253.